The molecule has 4 amide bonds. The summed E-state index contributed by atoms with van der Waals surface area (Å²) in [5.74, 6) is -0.264. The van der Waals surface area contributed by atoms with Crippen LogP contribution in [0.3, 0.4) is 0 Å². The number of hydrogen-bond acceptors (Lipinski definition) is 7. The maximum Gasteiger partial charge on any atom is 0.344 e. The highest BCUT2D eigenvalue weighted by molar-refractivity contribution is 5.88. The smallest absolute Gasteiger partial charge is 0.344 e. The Labute approximate surface area is 342 Å². The highest BCUT2D eigenvalue weighted by Crippen LogP contribution is 2.25. The standard InChI is InChI=1S/C47H58N4O7/c1-31(2)43(51-25-15-24-48-47(51)55)46(54)49-38(26-36-20-9-7-10-21-36)28-40(58-42(53)30-57-45-34(5)18-14-19-35(45)6)39(27-37-22-11-8-12-23-37)50-41(52)29-56-44-32(3)16-13-17-33(44)4/h7-14,16-23,31,38-40,43H,15,24-30H2,1-6H3,(H,48,55)(H,49,54)(H,50,52)/t38-,39-,40+,43+/m1/s1. The van der Waals surface area contributed by atoms with Gasteiger partial charge in [0.15, 0.2) is 13.2 Å². The van der Waals surface area contributed by atoms with Crippen LogP contribution in [-0.2, 0) is 32.0 Å². The molecule has 308 valence electrons. The Balaban J connectivity index is 1.47. The zero-order valence-electron chi connectivity index (χ0n) is 34.6. The number of benzene rings is 4. The summed E-state index contributed by atoms with van der Waals surface area (Å²) in [5.41, 5.74) is 5.45. The van der Waals surface area contributed by atoms with Gasteiger partial charge in [-0.1, -0.05) is 111 Å². The summed E-state index contributed by atoms with van der Waals surface area (Å²) >= 11 is 0. The van der Waals surface area contributed by atoms with Crippen LogP contribution < -0.4 is 25.4 Å². The molecule has 0 aliphatic carbocycles. The van der Waals surface area contributed by atoms with Crippen LogP contribution >= 0.6 is 0 Å². The van der Waals surface area contributed by atoms with Gasteiger partial charge in [0.2, 0.25) is 5.91 Å². The molecule has 1 aliphatic heterocycles. The minimum Gasteiger partial charge on any atom is -0.483 e. The predicted octanol–water partition coefficient (Wildman–Crippen LogP) is 6.57. The van der Waals surface area contributed by atoms with Gasteiger partial charge in [0.05, 0.1) is 6.04 Å². The molecule has 1 aliphatic rings. The molecular weight excluding hydrogens is 733 g/mol. The Bertz CT molecular complexity index is 1950. The maximum atomic E-state index is 14.3. The first-order chi connectivity index (χ1) is 27.9. The van der Waals surface area contributed by atoms with Gasteiger partial charge in [0.1, 0.15) is 23.6 Å². The van der Waals surface area contributed by atoms with Gasteiger partial charge in [-0.15, -0.1) is 0 Å². The van der Waals surface area contributed by atoms with Gasteiger partial charge in [0.25, 0.3) is 5.91 Å². The Hall–Kier alpha value is -5.84. The molecule has 3 N–H and O–H groups in total. The summed E-state index contributed by atoms with van der Waals surface area (Å²) in [4.78, 5) is 56.6. The third-order valence-corrected chi connectivity index (χ3v) is 10.4. The lowest BCUT2D eigenvalue weighted by Gasteiger charge is -2.37. The first-order valence-electron chi connectivity index (χ1n) is 20.2. The van der Waals surface area contributed by atoms with E-state index >= 15 is 0 Å². The van der Waals surface area contributed by atoms with Crippen molar-refractivity contribution in [1.82, 2.24) is 20.9 Å². The number of para-hydroxylation sites is 2. The Morgan fingerprint density at radius 3 is 1.78 bits per heavy atom. The summed E-state index contributed by atoms with van der Waals surface area (Å²) < 4.78 is 18.4. The molecule has 1 saturated heterocycles. The first kappa shape index (κ1) is 43.3. The van der Waals surface area contributed by atoms with E-state index in [1.54, 1.807) is 4.90 Å². The number of nitrogens with one attached hydrogen (secondary N) is 3. The molecule has 58 heavy (non-hydrogen) atoms. The van der Waals surface area contributed by atoms with E-state index in [1.165, 1.54) is 0 Å². The highest BCUT2D eigenvalue weighted by Gasteiger charge is 2.37. The molecule has 0 bridgehead atoms. The summed E-state index contributed by atoms with van der Waals surface area (Å²) in [6, 6.07) is 28.6. The summed E-state index contributed by atoms with van der Waals surface area (Å²) in [7, 11) is 0. The number of urea groups is 1. The Kier molecular flexibility index (Phi) is 15.7. The summed E-state index contributed by atoms with van der Waals surface area (Å²) in [6.07, 6.45) is 0.662. The average Bonchev–Trinajstić information content (AvgIpc) is 3.18. The molecule has 1 heterocycles. The number of amides is 4. The molecule has 11 heteroatoms. The molecule has 0 saturated carbocycles. The highest BCUT2D eigenvalue weighted by atomic mass is 16.6. The molecule has 0 aromatic heterocycles. The van der Waals surface area contributed by atoms with Gasteiger partial charge in [-0.05, 0) is 86.3 Å². The Morgan fingerprint density at radius 1 is 0.707 bits per heavy atom. The van der Waals surface area contributed by atoms with Gasteiger partial charge >= 0.3 is 12.0 Å². The molecular formula is C47H58N4O7. The quantitative estimate of drug-likeness (QED) is 0.0915. The molecule has 5 rings (SSSR count). The van der Waals surface area contributed by atoms with Crippen molar-refractivity contribution in [3.05, 3.63) is 130 Å². The molecule has 0 spiro atoms. The van der Waals surface area contributed by atoms with Crippen molar-refractivity contribution < 1.29 is 33.4 Å². The summed E-state index contributed by atoms with van der Waals surface area (Å²) in [6.45, 7) is 11.9. The fourth-order valence-corrected chi connectivity index (χ4v) is 7.59. The lowest BCUT2D eigenvalue weighted by molar-refractivity contribution is -0.154. The van der Waals surface area contributed by atoms with Crippen molar-refractivity contribution >= 4 is 23.8 Å². The van der Waals surface area contributed by atoms with Crippen molar-refractivity contribution in [2.75, 3.05) is 26.3 Å². The van der Waals surface area contributed by atoms with Gasteiger partial charge in [0, 0.05) is 25.6 Å². The van der Waals surface area contributed by atoms with Gasteiger partial charge in [-0.3, -0.25) is 9.59 Å². The summed E-state index contributed by atoms with van der Waals surface area (Å²) in [5, 5.41) is 9.26. The van der Waals surface area contributed by atoms with E-state index in [4.69, 9.17) is 14.2 Å². The number of ether oxygens (including phenoxy) is 3. The normalized spacial score (nSPS) is 14.7. The molecule has 0 radical (unpaired) electrons. The second-order valence-corrected chi connectivity index (χ2v) is 15.5. The van der Waals surface area contributed by atoms with E-state index < -0.39 is 36.1 Å². The van der Waals surface area contributed by atoms with Crippen molar-refractivity contribution in [3.63, 3.8) is 0 Å². The van der Waals surface area contributed by atoms with E-state index in [0.717, 1.165) is 39.8 Å². The molecule has 1 fully saturated rings. The second kappa shape index (κ2) is 21.1. The van der Waals surface area contributed by atoms with Crippen molar-refractivity contribution in [2.45, 2.75) is 91.5 Å². The first-order valence-corrected chi connectivity index (χ1v) is 20.2. The largest absolute Gasteiger partial charge is 0.483 e. The topological polar surface area (TPSA) is 135 Å². The predicted molar refractivity (Wildman–Crippen MR) is 225 cm³/mol. The van der Waals surface area contributed by atoms with Crippen LogP contribution in [0.15, 0.2) is 97.1 Å². The Morgan fingerprint density at radius 2 is 1.24 bits per heavy atom. The number of esters is 1. The van der Waals surface area contributed by atoms with Crippen molar-refractivity contribution in [3.8, 4) is 11.5 Å². The zero-order chi connectivity index (χ0) is 41.6. The minimum atomic E-state index is -0.928. The van der Waals surface area contributed by atoms with Gasteiger partial charge in [-0.2, -0.15) is 0 Å². The van der Waals surface area contributed by atoms with Crippen molar-refractivity contribution in [1.29, 1.82) is 0 Å². The average molecular weight is 791 g/mol. The monoisotopic (exact) mass is 790 g/mol. The van der Waals surface area contributed by atoms with Crippen LogP contribution in [0.5, 0.6) is 11.5 Å². The molecule has 0 unspecified atom stereocenters. The van der Waals surface area contributed by atoms with E-state index in [2.05, 4.69) is 16.0 Å². The third-order valence-electron chi connectivity index (χ3n) is 10.4. The SMILES string of the molecule is Cc1cccc(C)c1OCC(=O)N[C@H](Cc1ccccc1)[C@H](C[C@@H](Cc1ccccc1)NC(=O)[C@H](C(C)C)N1CCCNC1=O)OC(=O)COc1c(C)cccc1C. The molecule has 11 nitrogen and oxygen atoms in total. The number of nitrogens with zero attached hydrogens (tertiary/aromatic N) is 1. The number of carbonyl (C=O) groups excluding carboxylic acids is 4. The number of rotatable bonds is 19. The van der Waals surface area contributed by atoms with Crippen LogP contribution in [0.4, 0.5) is 4.79 Å². The number of aryl methyl sites for hydroxylation is 4. The van der Waals surface area contributed by atoms with Crippen LogP contribution in [0.1, 0.15) is 60.1 Å². The number of carbonyl (C=O) groups is 4. The lowest BCUT2D eigenvalue weighted by Crippen LogP contribution is -2.59. The molecule has 4 aromatic carbocycles. The fraction of sp³-hybridized carbons (Fsp3) is 0.404. The second-order valence-electron chi connectivity index (χ2n) is 15.5. The van der Waals surface area contributed by atoms with Crippen molar-refractivity contribution in [2.24, 2.45) is 5.92 Å². The molecule has 4 aromatic rings. The zero-order valence-corrected chi connectivity index (χ0v) is 34.6. The third kappa shape index (κ3) is 12.3. The van der Waals surface area contributed by atoms with Crippen LogP contribution in [-0.4, -0.2) is 79.2 Å². The van der Waals surface area contributed by atoms with Crippen LogP contribution in [0.2, 0.25) is 0 Å². The van der Waals surface area contributed by atoms with Crippen LogP contribution in [0, 0.1) is 33.6 Å². The van der Waals surface area contributed by atoms with E-state index in [-0.39, 0.29) is 37.5 Å². The van der Waals surface area contributed by atoms with Gasteiger partial charge < -0.3 is 35.1 Å². The van der Waals surface area contributed by atoms with E-state index in [0.29, 0.717) is 37.4 Å². The molecule has 4 atom stereocenters. The lowest BCUT2D eigenvalue weighted by atomic mass is 9.92. The van der Waals surface area contributed by atoms with E-state index in [1.807, 2.05) is 139 Å². The van der Waals surface area contributed by atoms with Gasteiger partial charge in [-0.25, -0.2) is 9.59 Å². The number of hydrogen-bond donors (Lipinski definition) is 3. The van der Waals surface area contributed by atoms with Crippen LogP contribution in [0.25, 0.3) is 0 Å². The fourth-order valence-electron chi connectivity index (χ4n) is 7.59. The minimum absolute atomic E-state index is 0.141. The maximum absolute atomic E-state index is 14.3. The van der Waals surface area contributed by atoms with E-state index in [9.17, 15) is 19.2 Å².